The number of methoxy groups -OCH3 is 1. The average molecular weight is 411 g/mol. The molecule has 140 valence electrons. The van der Waals surface area contributed by atoms with Crippen molar-refractivity contribution in [3.63, 3.8) is 0 Å². The van der Waals surface area contributed by atoms with Crippen LogP contribution in [0, 0.1) is 0 Å². The molecule has 0 saturated carbocycles. The Morgan fingerprint density at radius 3 is 2.39 bits per heavy atom. The van der Waals surface area contributed by atoms with Gasteiger partial charge >= 0.3 is 0 Å². The molecule has 28 heavy (non-hydrogen) atoms. The smallest absolute Gasteiger partial charge is 0.229 e. The second-order valence-electron chi connectivity index (χ2n) is 6.02. The molecule has 0 radical (unpaired) electrons. The molecular weight excluding hydrogens is 395 g/mol. The number of ether oxygens (including phenoxy) is 1. The zero-order valence-electron chi connectivity index (χ0n) is 14.9. The third kappa shape index (κ3) is 3.96. The molecule has 7 heteroatoms. The number of rotatable bonds is 5. The summed E-state index contributed by atoms with van der Waals surface area (Å²) in [6, 6.07) is 20.6. The fourth-order valence-electron chi connectivity index (χ4n) is 2.75. The zero-order valence-corrected chi connectivity index (χ0v) is 16.4. The lowest BCUT2D eigenvalue weighted by Gasteiger charge is -2.13. The molecule has 0 spiro atoms. The molecule has 2 N–H and O–H groups in total. The van der Waals surface area contributed by atoms with Crippen LogP contribution >= 0.6 is 23.2 Å². The maximum Gasteiger partial charge on any atom is 0.229 e. The first kappa shape index (κ1) is 18.3. The number of fused-ring (bicyclic) bond motifs is 1. The van der Waals surface area contributed by atoms with Crippen LogP contribution in [0.3, 0.4) is 0 Å². The summed E-state index contributed by atoms with van der Waals surface area (Å²) < 4.78 is 5.21. The van der Waals surface area contributed by atoms with E-state index in [1.54, 1.807) is 25.3 Å². The number of hydrogen-bond donors (Lipinski definition) is 2. The first-order valence-electron chi connectivity index (χ1n) is 8.52. The zero-order chi connectivity index (χ0) is 19.5. The Hall–Kier alpha value is -3.02. The Kier molecular flexibility index (Phi) is 5.19. The van der Waals surface area contributed by atoms with Gasteiger partial charge in [0.05, 0.1) is 23.3 Å². The highest BCUT2D eigenvalue weighted by atomic mass is 35.5. The minimum atomic E-state index is 0.430. The van der Waals surface area contributed by atoms with Crippen molar-refractivity contribution in [2.75, 3.05) is 17.7 Å². The molecule has 0 unspecified atom stereocenters. The van der Waals surface area contributed by atoms with Crippen molar-refractivity contribution >= 4 is 57.2 Å². The molecule has 0 aliphatic heterocycles. The topological polar surface area (TPSA) is 59.1 Å². The molecule has 0 fully saturated rings. The van der Waals surface area contributed by atoms with Gasteiger partial charge in [0, 0.05) is 16.1 Å². The Labute approximate surface area is 172 Å². The van der Waals surface area contributed by atoms with E-state index in [9.17, 15) is 0 Å². The van der Waals surface area contributed by atoms with E-state index >= 15 is 0 Å². The largest absolute Gasteiger partial charge is 0.497 e. The number of nitrogens with zero attached hydrogens (tertiary/aromatic N) is 2. The van der Waals surface area contributed by atoms with Crippen molar-refractivity contribution in [1.82, 2.24) is 9.97 Å². The highest BCUT2D eigenvalue weighted by Crippen LogP contribution is 2.30. The molecule has 0 aliphatic carbocycles. The van der Waals surface area contributed by atoms with E-state index in [4.69, 9.17) is 27.9 Å². The molecule has 4 aromatic rings. The summed E-state index contributed by atoms with van der Waals surface area (Å²) in [6.45, 7) is 0. The van der Waals surface area contributed by atoms with Crippen LogP contribution < -0.4 is 15.4 Å². The molecule has 0 atom stereocenters. The van der Waals surface area contributed by atoms with E-state index in [1.807, 2.05) is 48.5 Å². The van der Waals surface area contributed by atoms with Crippen molar-refractivity contribution in [1.29, 1.82) is 0 Å². The highest BCUT2D eigenvalue weighted by molar-refractivity contribution is 6.36. The van der Waals surface area contributed by atoms with Gasteiger partial charge in [0.2, 0.25) is 5.95 Å². The summed E-state index contributed by atoms with van der Waals surface area (Å²) in [5.74, 6) is 1.90. The van der Waals surface area contributed by atoms with Crippen LogP contribution in [-0.2, 0) is 0 Å². The van der Waals surface area contributed by atoms with E-state index in [0.29, 0.717) is 27.5 Å². The quantitative estimate of drug-likeness (QED) is 0.396. The minimum Gasteiger partial charge on any atom is -0.497 e. The number of para-hydroxylation sites is 1. The van der Waals surface area contributed by atoms with Crippen molar-refractivity contribution < 1.29 is 4.74 Å². The number of anilines is 4. The number of aromatic nitrogens is 2. The van der Waals surface area contributed by atoms with E-state index in [1.165, 1.54) is 0 Å². The fraction of sp³-hybridized carbons (Fsp3) is 0.0476. The van der Waals surface area contributed by atoms with Crippen LogP contribution in [0.15, 0.2) is 66.7 Å². The second-order valence-corrected chi connectivity index (χ2v) is 6.86. The Balaban J connectivity index is 1.72. The van der Waals surface area contributed by atoms with Gasteiger partial charge in [0.1, 0.15) is 11.6 Å². The number of nitrogens with one attached hydrogen (secondary N) is 2. The first-order chi connectivity index (χ1) is 13.6. The number of benzene rings is 3. The van der Waals surface area contributed by atoms with Gasteiger partial charge in [-0.2, -0.15) is 4.98 Å². The van der Waals surface area contributed by atoms with Gasteiger partial charge in [0.15, 0.2) is 0 Å². The van der Waals surface area contributed by atoms with Crippen LogP contribution in [0.4, 0.5) is 23.1 Å². The molecule has 3 aromatic carbocycles. The standard InChI is InChI=1S/C21H16Cl2N4O/c1-28-15-9-7-14(8-10-15)24-20-16-4-2-3-5-18(16)25-21(27-20)26-19-11-6-13(22)12-17(19)23/h2-12H,1H3,(H2,24,25,26,27). The molecule has 1 aromatic heterocycles. The Morgan fingerprint density at radius 1 is 0.857 bits per heavy atom. The molecular formula is C21H16Cl2N4O. The predicted octanol–water partition coefficient (Wildman–Crippen LogP) is 6.43. The van der Waals surface area contributed by atoms with Crippen molar-refractivity contribution in [3.05, 3.63) is 76.8 Å². The first-order valence-corrected chi connectivity index (χ1v) is 9.28. The monoisotopic (exact) mass is 410 g/mol. The summed E-state index contributed by atoms with van der Waals surface area (Å²) in [5, 5.41) is 8.48. The third-order valence-corrected chi connectivity index (χ3v) is 4.68. The van der Waals surface area contributed by atoms with Crippen molar-refractivity contribution in [3.8, 4) is 5.75 Å². The molecule has 1 heterocycles. The van der Waals surface area contributed by atoms with E-state index in [-0.39, 0.29) is 0 Å². The molecule has 5 nitrogen and oxygen atoms in total. The third-order valence-electron chi connectivity index (χ3n) is 4.13. The van der Waals surface area contributed by atoms with E-state index in [0.717, 1.165) is 22.3 Å². The predicted molar refractivity (Wildman–Crippen MR) is 116 cm³/mol. The van der Waals surface area contributed by atoms with Crippen molar-refractivity contribution in [2.24, 2.45) is 0 Å². The summed E-state index contributed by atoms with van der Waals surface area (Å²) in [7, 11) is 1.64. The lowest BCUT2D eigenvalue weighted by atomic mass is 10.2. The van der Waals surface area contributed by atoms with Crippen molar-refractivity contribution in [2.45, 2.75) is 0 Å². The lowest BCUT2D eigenvalue weighted by Crippen LogP contribution is -2.02. The molecule has 0 saturated heterocycles. The molecule has 0 aliphatic rings. The summed E-state index contributed by atoms with van der Waals surface area (Å²) in [5.41, 5.74) is 2.37. The molecule has 0 amide bonds. The van der Waals surface area contributed by atoms with Gasteiger partial charge in [-0.25, -0.2) is 4.98 Å². The van der Waals surface area contributed by atoms with Crippen LogP contribution in [0.25, 0.3) is 10.9 Å². The average Bonchev–Trinajstić information content (AvgIpc) is 2.71. The Morgan fingerprint density at radius 2 is 1.64 bits per heavy atom. The number of hydrogen-bond acceptors (Lipinski definition) is 5. The van der Waals surface area contributed by atoms with Crippen LogP contribution in [-0.4, -0.2) is 17.1 Å². The Bertz CT molecular complexity index is 1130. The summed E-state index contributed by atoms with van der Waals surface area (Å²) in [4.78, 5) is 9.23. The lowest BCUT2D eigenvalue weighted by molar-refractivity contribution is 0.415. The normalized spacial score (nSPS) is 10.7. The highest BCUT2D eigenvalue weighted by Gasteiger charge is 2.10. The maximum absolute atomic E-state index is 6.27. The van der Waals surface area contributed by atoms with Crippen LogP contribution in [0.2, 0.25) is 10.0 Å². The van der Waals surface area contributed by atoms with Gasteiger partial charge in [-0.1, -0.05) is 35.3 Å². The summed E-state index contributed by atoms with van der Waals surface area (Å²) >= 11 is 12.2. The van der Waals surface area contributed by atoms with Crippen LogP contribution in [0.1, 0.15) is 0 Å². The maximum atomic E-state index is 6.27. The van der Waals surface area contributed by atoms with E-state index in [2.05, 4.69) is 20.6 Å². The van der Waals surface area contributed by atoms with Gasteiger partial charge in [-0.3, -0.25) is 0 Å². The number of halogens is 2. The van der Waals surface area contributed by atoms with Gasteiger partial charge in [-0.15, -0.1) is 0 Å². The minimum absolute atomic E-state index is 0.430. The SMILES string of the molecule is COc1ccc(Nc2nc(Nc3ccc(Cl)cc3Cl)nc3ccccc23)cc1. The van der Waals surface area contributed by atoms with Gasteiger partial charge < -0.3 is 15.4 Å². The molecule has 4 rings (SSSR count). The van der Waals surface area contributed by atoms with Crippen LogP contribution in [0.5, 0.6) is 5.75 Å². The fourth-order valence-corrected chi connectivity index (χ4v) is 3.21. The van der Waals surface area contributed by atoms with E-state index < -0.39 is 0 Å². The van der Waals surface area contributed by atoms with Gasteiger partial charge in [0.25, 0.3) is 0 Å². The second kappa shape index (κ2) is 7.92. The summed E-state index contributed by atoms with van der Waals surface area (Å²) in [6.07, 6.45) is 0. The molecule has 0 bridgehead atoms. The van der Waals surface area contributed by atoms with Gasteiger partial charge in [-0.05, 0) is 54.6 Å².